The molecule has 0 aromatic rings. The molecule has 1 amide bonds. The van der Waals surface area contributed by atoms with Gasteiger partial charge in [0.05, 0.1) is 6.61 Å². The van der Waals surface area contributed by atoms with E-state index in [1.54, 1.807) is 0 Å². The zero-order chi connectivity index (χ0) is 7.44. The summed E-state index contributed by atoms with van der Waals surface area (Å²) in [6.45, 7) is -0.676. The van der Waals surface area contributed by atoms with Gasteiger partial charge in [-0.25, -0.2) is 0 Å². The standard InChI is InChI=1S/C4H9NO4.ClH/c5-4(9)3(8)2(7)1-6;/h2-3,6-8H,1H2,(H2,5,9);1H. The first-order valence-corrected chi connectivity index (χ1v) is 2.36. The quantitative estimate of drug-likeness (QED) is 0.380. The van der Waals surface area contributed by atoms with E-state index >= 15 is 0 Å². The molecule has 0 saturated carbocycles. The molecule has 6 heteroatoms. The van der Waals surface area contributed by atoms with Crippen molar-refractivity contribution < 1.29 is 20.1 Å². The fraction of sp³-hybridized carbons (Fsp3) is 0.750. The molecule has 0 aliphatic heterocycles. The molecule has 5 N–H and O–H groups in total. The summed E-state index contributed by atoms with van der Waals surface area (Å²) in [5, 5.41) is 25.1. The number of aliphatic hydroxyl groups is 3. The Morgan fingerprint density at radius 2 is 1.90 bits per heavy atom. The normalized spacial score (nSPS) is 15.1. The molecule has 0 aromatic carbocycles. The number of nitrogens with two attached hydrogens (primary N) is 1. The molecule has 2 unspecified atom stereocenters. The van der Waals surface area contributed by atoms with Gasteiger partial charge in [0, 0.05) is 0 Å². The molecule has 0 bridgehead atoms. The van der Waals surface area contributed by atoms with Crippen LogP contribution in [0, 0.1) is 0 Å². The van der Waals surface area contributed by atoms with Crippen LogP contribution in [0.1, 0.15) is 0 Å². The average Bonchev–Trinajstić information content (AvgIpc) is 1.84. The highest BCUT2D eigenvalue weighted by molar-refractivity contribution is 5.85. The number of amides is 1. The second-order valence-electron chi connectivity index (χ2n) is 1.60. The first-order chi connectivity index (χ1) is 4.09. The van der Waals surface area contributed by atoms with Gasteiger partial charge in [0.25, 0.3) is 0 Å². The van der Waals surface area contributed by atoms with E-state index in [4.69, 9.17) is 15.3 Å². The highest BCUT2D eigenvalue weighted by atomic mass is 35.5. The molecule has 0 saturated heterocycles. The molecule has 10 heavy (non-hydrogen) atoms. The number of primary amides is 1. The second-order valence-corrected chi connectivity index (χ2v) is 1.60. The van der Waals surface area contributed by atoms with Gasteiger partial charge in [-0.3, -0.25) is 4.79 Å². The summed E-state index contributed by atoms with van der Waals surface area (Å²) in [5.74, 6) is -1.04. The number of carbonyl (C=O) groups excluding carboxylic acids is 1. The number of hydrogen-bond acceptors (Lipinski definition) is 4. The van der Waals surface area contributed by atoms with Gasteiger partial charge >= 0.3 is 0 Å². The molecular formula is C4H10ClNO4. The van der Waals surface area contributed by atoms with E-state index in [0.717, 1.165) is 0 Å². The number of hydrogen-bond donors (Lipinski definition) is 4. The van der Waals surface area contributed by atoms with E-state index in [2.05, 4.69) is 5.73 Å². The van der Waals surface area contributed by atoms with Gasteiger partial charge in [0.2, 0.25) is 5.91 Å². The van der Waals surface area contributed by atoms with Gasteiger partial charge in [0.15, 0.2) is 6.10 Å². The summed E-state index contributed by atoms with van der Waals surface area (Å²) in [5.41, 5.74) is 4.55. The van der Waals surface area contributed by atoms with Crippen LogP contribution in [0.5, 0.6) is 0 Å². The number of aliphatic hydroxyl groups excluding tert-OH is 3. The lowest BCUT2D eigenvalue weighted by molar-refractivity contribution is -0.133. The summed E-state index contributed by atoms with van der Waals surface area (Å²) in [6, 6.07) is 0. The lowest BCUT2D eigenvalue weighted by Crippen LogP contribution is -2.40. The van der Waals surface area contributed by atoms with Gasteiger partial charge < -0.3 is 21.1 Å². The van der Waals surface area contributed by atoms with Gasteiger partial charge in [-0.2, -0.15) is 0 Å². The smallest absolute Gasteiger partial charge is 0.249 e. The Morgan fingerprint density at radius 3 is 2.00 bits per heavy atom. The Kier molecular flexibility index (Phi) is 6.69. The zero-order valence-electron chi connectivity index (χ0n) is 5.10. The molecule has 0 fully saturated rings. The van der Waals surface area contributed by atoms with Crippen LogP contribution in [0.2, 0.25) is 0 Å². The van der Waals surface area contributed by atoms with Crippen LogP contribution in [0.15, 0.2) is 0 Å². The van der Waals surface area contributed by atoms with Crippen molar-refractivity contribution in [3.63, 3.8) is 0 Å². The van der Waals surface area contributed by atoms with E-state index in [1.165, 1.54) is 0 Å². The maximum Gasteiger partial charge on any atom is 0.249 e. The van der Waals surface area contributed by atoms with Crippen molar-refractivity contribution in [3.8, 4) is 0 Å². The summed E-state index contributed by atoms with van der Waals surface area (Å²) in [4.78, 5) is 10.0. The summed E-state index contributed by atoms with van der Waals surface area (Å²) >= 11 is 0. The largest absolute Gasteiger partial charge is 0.394 e. The van der Waals surface area contributed by atoms with Crippen molar-refractivity contribution in [3.05, 3.63) is 0 Å². The molecule has 0 aliphatic carbocycles. The van der Waals surface area contributed by atoms with Crippen LogP contribution in [-0.4, -0.2) is 40.0 Å². The van der Waals surface area contributed by atoms with Crippen molar-refractivity contribution in [1.29, 1.82) is 0 Å². The number of rotatable bonds is 3. The maximum atomic E-state index is 10.0. The third kappa shape index (κ3) is 3.62. The lowest BCUT2D eigenvalue weighted by Gasteiger charge is -2.10. The Balaban J connectivity index is 0. The van der Waals surface area contributed by atoms with Crippen LogP contribution >= 0.6 is 12.4 Å². The maximum absolute atomic E-state index is 10.0. The Hall–Kier alpha value is -0.360. The summed E-state index contributed by atoms with van der Waals surface area (Å²) < 4.78 is 0. The highest BCUT2D eigenvalue weighted by Crippen LogP contribution is 1.89. The molecule has 0 aliphatic rings. The van der Waals surface area contributed by atoms with Crippen LogP contribution in [0.3, 0.4) is 0 Å². The van der Waals surface area contributed by atoms with Gasteiger partial charge in [-0.15, -0.1) is 12.4 Å². The molecule has 5 nitrogen and oxygen atoms in total. The molecule has 62 valence electrons. The van der Waals surface area contributed by atoms with Crippen LogP contribution in [0.25, 0.3) is 0 Å². The zero-order valence-corrected chi connectivity index (χ0v) is 5.91. The van der Waals surface area contributed by atoms with E-state index in [-0.39, 0.29) is 12.4 Å². The van der Waals surface area contributed by atoms with Gasteiger partial charge in [0.1, 0.15) is 6.10 Å². The van der Waals surface area contributed by atoms with Crippen LogP contribution in [-0.2, 0) is 4.79 Å². The molecule has 0 radical (unpaired) electrons. The van der Waals surface area contributed by atoms with E-state index in [0.29, 0.717) is 0 Å². The van der Waals surface area contributed by atoms with Crippen molar-refractivity contribution in [2.24, 2.45) is 5.73 Å². The second kappa shape index (κ2) is 5.43. The van der Waals surface area contributed by atoms with Crippen LogP contribution < -0.4 is 5.73 Å². The Labute approximate surface area is 63.9 Å². The molecule has 0 rings (SSSR count). The fourth-order valence-electron chi connectivity index (χ4n) is 0.289. The molecule has 0 heterocycles. The van der Waals surface area contributed by atoms with Crippen molar-refractivity contribution in [2.75, 3.05) is 6.61 Å². The summed E-state index contributed by atoms with van der Waals surface area (Å²) in [7, 11) is 0. The topological polar surface area (TPSA) is 104 Å². The minimum atomic E-state index is -1.67. The van der Waals surface area contributed by atoms with Crippen molar-refractivity contribution in [1.82, 2.24) is 0 Å². The van der Waals surface area contributed by atoms with E-state index < -0.39 is 24.7 Å². The van der Waals surface area contributed by atoms with Gasteiger partial charge in [-0.1, -0.05) is 0 Å². The first kappa shape index (κ1) is 12.3. The predicted molar refractivity (Wildman–Crippen MR) is 35.5 cm³/mol. The fourth-order valence-corrected chi connectivity index (χ4v) is 0.289. The van der Waals surface area contributed by atoms with Crippen molar-refractivity contribution >= 4 is 18.3 Å². The Bertz CT molecular complexity index is 109. The minimum Gasteiger partial charge on any atom is -0.394 e. The Morgan fingerprint density at radius 1 is 1.50 bits per heavy atom. The SMILES string of the molecule is Cl.NC(=O)C(O)C(O)CO. The predicted octanol–water partition coefficient (Wildman–Crippen LogP) is -2.39. The highest BCUT2D eigenvalue weighted by Gasteiger charge is 2.19. The molecular weight excluding hydrogens is 161 g/mol. The molecule has 2 atom stereocenters. The first-order valence-electron chi connectivity index (χ1n) is 2.36. The van der Waals surface area contributed by atoms with Crippen molar-refractivity contribution in [2.45, 2.75) is 12.2 Å². The van der Waals surface area contributed by atoms with Gasteiger partial charge in [-0.05, 0) is 0 Å². The summed E-state index contributed by atoms with van der Waals surface area (Å²) in [6.07, 6.45) is -3.14. The van der Waals surface area contributed by atoms with Crippen LogP contribution in [0.4, 0.5) is 0 Å². The molecule has 0 spiro atoms. The van der Waals surface area contributed by atoms with E-state index in [1.807, 2.05) is 0 Å². The average molecular weight is 172 g/mol. The third-order valence-electron chi connectivity index (χ3n) is 0.843. The molecule has 0 aromatic heterocycles. The lowest BCUT2D eigenvalue weighted by atomic mass is 10.2. The van der Waals surface area contributed by atoms with E-state index in [9.17, 15) is 4.79 Å². The monoisotopic (exact) mass is 171 g/mol. The minimum absolute atomic E-state index is 0. The number of halogens is 1. The third-order valence-corrected chi connectivity index (χ3v) is 0.843. The number of carbonyl (C=O) groups is 1.